The standard InChI is InChI=1S/C37H48N3OP3/c1-28-9-17-33(18-10-28)42(34-19-11-29(2)12-20-34)27-32-25-37(26-40(32)44(41,38(5)6)39(7)8)43(35-21-13-30(3)14-22-35)36-23-15-31(4)16-24-36/h9-24,32,37H,25-27H2,1-8H3/t32-,37-/m0/s1. The van der Waals surface area contributed by atoms with E-state index in [1.165, 1.54) is 43.5 Å². The molecule has 4 aromatic carbocycles. The Morgan fingerprint density at radius 2 is 0.955 bits per heavy atom. The molecule has 1 fully saturated rings. The van der Waals surface area contributed by atoms with Gasteiger partial charge < -0.3 is 0 Å². The SMILES string of the molecule is Cc1ccc(P(C[C@@H]2C[C@H](P(c3ccc(C)cc3)c3ccc(C)cc3)CN2P(=O)(N(C)C)N(C)C)c2ccc(C)cc2)cc1. The van der Waals surface area contributed by atoms with Crippen LogP contribution in [-0.2, 0) is 4.57 Å². The summed E-state index contributed by atoms with van der Waals surface area (Å²) in [6, 6.07) is 36.8. The van der Waals surface area contributed by atoms with Crippen molar-refractivity contribution in [2.24, 2.45) is 0 Å². The van der Waals surface area contributed by atoms with E-state index in [2.05, 4.69) is 129 Å². The van der Waals surface area contributed by atoms with Crippen molar-refractivity contribution in [2.75, 3.05) is 40.9 Å². The molecule has 0 spiro atoms. The van der Waals surface area contributed by atoms with Gasteiger partial charge in [0.25, 0.3) is 7.59 Å². The maximum atomic E-state index is 15.1. The van der Waals surface area contributed by atoms with Crippen LogP contribution < -0.4 is 21.2 Å². The molecule has 0 aromatic heterocycles. The molecule has 232 valence electrons. The summed E-state index contributed by atoms with van der Waals surface area (Å²) in [5.41, 5.74) is 5.51. The highest BCUT2D eigenvalue weighted by molar-refractivity contribution is 7.74. The molecule has 4 nitrogen and oxygen atoms in total. The van der Waals surface area contributed by atoms with Gasteiger partial charge >= 0.3 is 0 Å². The van der Waals surface area contributed by atoms with E-state index in [-0.39, 0.29) is 6.04 Å². The fourth-order valence-corrected chi connectivity index (χ4v) is 14.7. The summed E-state index contributed by atoms with van der Waals surface area (Å²) in [6.45, 7) is 9.45. The minimum atomic E-state index is -2.98. The minimum Gasteiger partial charge on any atom is -0.270 e. The third-order valence-electron chi connectivity index (χ3n) is 8.81. The molecule has 1 aliphatic heterocycles. The first-order valence-corrected chi connectivity index (χ1v) is 20.0. The molecule has 1 heterocycles. The Labute approximate surface area is 268 Å². The molecule has 0 N–H and O–H groups in total. The monoisotopic (exact) mass is 643 g/mol. The van der Waals surface area contributed by atoms with E-state index in [1.807, 2.05) is 37.5 Å². The molecule has 0 saturated carbocycles. The van der Waals surface area contributed by atoms with Crippen molar-refractivity contribution < 1.29 is 4.57 Å². The largest absolute Gasteiger partial charge is 0.286 e. The molecule has 2 atom stereocenters. The van der Waals surface area contributed by atoms with Gasteiger partial charge in [0.1, 0.15) is 0 Å². The molecule has 0 unspecified atom stereocenters. The maximum absolute atomic E-state index is 15.1. The molecule has 7 heteroatoms. The quantitative estimate of drug-likeness (QED) is 0.172. The number of nitrogens with zero attached hydrogens (tertiary/aromatic N) is 3. The molecule has 0 bridgehead atoms. The molecule has 4 aromatic rings. The molecule has 0 amide bonds. The van der Waals surface area contributed by atoms with Crippen LogP contribution in [0.4, 0.5) is 0 Å². The van der Waals surface area contributed by atoms with Gasteiger partial charge in [0, 0.05) is 18.2 Å². The highest BCUT2D eigenvalue weighted by Gasteiger charge is 2.48. The Kier molecular flexibility index (Phi) is 10.6. The molecule has 44 heavy (non-hydrogen) atoms. The molecular formula is C37H48N3OP3. The van der Waals surface area contributed by atoms with Crippen molar-refractivity contribution in [3.63, 3.8) is 0 Å². The van der Waals surface area contributed by atoms with Gasteiger partial charge in [0.05, 0.1) is 0 Å². The van der Waals surface area contributed by atoms with E-state index >= 15 is 4.57 Å². The fourth-order valence-electron chi connectivity index (χ4n) is 6.37. The summed E-state index contributed by atoms with van der Waals surface area (Å²) < 4.78 is 21.5. The van der Waals surface area contributed by atoms with Crippen LogP contribution in [0.5, 0.6) is 0 Å². The van der Waals surface area contributed by atoms with Gasteiger partial charge in [-0.3, -0.25) is 4.57 Å². The van der Waals surface area contributed by atoms with Gasteiger partial charge in [-0.1, -0.05) is 119 Å². The van der Waals surface area contributed by atoms with E-state index in [4.69, 9.17) is 0 Å². The number of rotatable bonds is 10. The Hall–Kier alpha value is -2.15. The van der Waals surface area contributed by atoms with Crippen LogP contribution in [0.15, 0.2) is 97.1 Å². The lowest BCUT2D eigenvalue weighted by Gasteiger charge is -2.41. The van der Waals surface area contributed by atoms with Gasteiger partial charge in [-0.2, -0.15) is 0 Å². The maximum Gasteiger partial charge on any atom is 0.286 e. The van der Waals surface area contributed by atoms with Gasteiger partial charge in [0.2, 0.25) is 0 Å². The predicted octanol–water partition coefficient (Wildman–Crippen LogP) is 7.16. The summed E-state index contributed by atoms with van der Waals surface area (Å²) in [6.07, 6.45) is 2.00. The topological polar surface area (TPSA) is 26.8 Å². The minimum absolute atomic E-state index is 0.185. The highest BCUT2D eigenvalue weighted by atomic mass is 31.2. The van der Waals surface area contributed by atoms with Crippen LogP contribution >= 0.6 is 23.4 Å². The van der Waals surface area contributed by atoms with E-state index in [0.29, 0.717) is 5.66 Å². The first-order valence-electron chi connectivity index (χ1n) is 15.5. The van der Waals surface area contributed by atoms with Crippen molar-refractivity contribution >= 4 is 44.7 Å². The van der Waals surface area contributed by atoms with E-state index in [0.717, 1.165) is 19.1 Å². The van der Waals surface area contributed by atoms with Gasteiger partial charge in [-0.25, -0.2) is 14.0 Å². The van der Waals surface area contributed by atoms with Gasteiger partial charge in [0.15, 0.2) is 0 Å². The molecule has 1 saturated heterocycles. The van der Waals surface area contributed by atoms with Crippen molar-refractivity contribution in [3.8, 4) is 0 Å². The van der Waals surface area contributed by atoms with Crippen molar-refractivity contribution in [1.82, 2.24) is 14.0 Å². The van der Waals surface area contributed by atoms with Crippen LogP contribution in [0, 0.1) is 27.7 Å². The van der Waals surface area contributed by atoms with E-state index in [9.17, 15) is 0 Å². The molecular weight excluding hydrogens is 595 g/mol. The van der Waals surface area contributed by atoms with Crippen LogP contribution in [0.3, 0.4) is 0 Å². The summed E-state index contributed by atoms with van der Waals surface area (Å²) in [4.78, 5) is 0. The lowest BCUT2D eigenvalue weighted by Crippen LogP contribution is -2.40. The van der Waals surface area contributed by atoms with Crippen LogP contribution in [-0.4, -0.2) is 66.6 Å². The first kappa shape index (κ1) is 33.2. The Morgan fingerprint density at radius 1 is 0.614 bits per heavy atom. The Balaban J connectivity index is 1.60. The average Bonchev–Trinajstić information content (AvgIpc) is 3.42. The molecule has 0 radical (unpaired) electrons. The lowest BCUT2D eigenvalue weighted by molar-refractivity contribution is 0.325. The zero-order chi connectivity index (χ0) is 31.6. The second-order valence-corrected chi connectivity index (χ2v) is 20.6. The van der Waals surface area contributed by atoms with Gasteiger partial charge in [-0.05, 0) is 106 Å². The number of hydrogen-bond donors (Lipinski definition) is 0. The van der Waals surface area contributed by atoms with Crippen molar-refractivity contribution in [3.05, 3.63) is 119 Å². The summed E-state index contributed by atoms with van der Waals surface area (Å²) in [7, 11) is 3.66. The van der Waals surface area contributed by atoms with E-state index < -0.39 is 23.4 Å². The molecule has 1 aliphatic rings. The molecule has 5 rings (SSSR count). The molecule has 0 aliphatic carbocycles. The second-order valence-electron chi connectivity index (χ2n) is 12.7. The van der Waals surface area contributed by atoms with Crippen LogP contribution in [0.2, 0.25) is 0 Å². The average molecular weight is 644 g/mol. The smallest absolute Gasteiger partial charge is 0.270 e. The normalized spacial score (nSPS) is 17.8. The lowest BCUT2D eigenvalue weighted by atomic mass is 10.2. The highest BCUT2D eigenvalue weighted by Crippen LogP contribution is 2.60. The summed E-state index contributed by atoms with van der Waals surface area (Å²) >= 11 is 0. The first-order chi connectivity index (χ1) is 21.0. The Morgan fingerprint density at radius 3 is 1.30 bits per heavy atom. The third kappa shape index (κ3) is 7.13. The zero-order valence-corrected chi connectivity index (χ0v) is 30.3. The summed E-state index contributed by atoms with van der Waals surface area (Å²) in [5.74, 6) is 0. The second kappa shape index (κ2) is 14.1. The van der Waals surface area contributed by atoms with E-state index in [1.54, 1.807) is 0 Å². The Bertz CT molecular complexity index is 1470. The van der Waals surface area contributed by atoms with Crippen LogP contribution in [0.1, 0.15) is 28.7 Å². The number of hydrogen-bond acceptors (Lipinski definition) is 1. The van der Waals surface area contributed by atoms with Crippen molar-refractivity contribution in [1.29, 1.82) is 0 Å². The number of benzene rings is 4. The van der Waals surface area contributed by atoms with Crippen molar-refractivity contribution in [2.45, 2.75) is 45.8 Å². The number of aryl methyl sites for hydroxylation is 4. The predicted molar refractivity (Wildman–Crippen MR) is 196 cm³/mol. The van der Waals surface area contributed by atoms with Crippen LogP contribution in [0.25, 0.3) is 0 Å². The summed E-state index contributed by atoms with van der Waals surface area (Å²) in [5, 5.41) is 5.59. The zero-order valence-electron chi connectivity index (χ0n) is 27.6. The third-order valence-corrected chi connectivity index (χ3v) is 17.5. The van der Waals surface area contributed by atoms with Gasteiger partial charge in [-0.15, -0.1) is 0 Å². The fraction of sp³-hybridized carbons (Fsp3) is 0.351.